The molecule has 3 aromatic rings. The summed E-state index contributed by atoms with van der Waals surface area (Å²) in [5.41, 5.74) is 14.9. The molecule has 3 atom stereocenters. The molecular formula is C50H61N5O5. The number of aromatic nitrogens is 4. The number of hydrogen-bond donors (Lipinski definition) is 2. The Morgan fingerprint density at radius 3 is 2.20 bits per heavy atom. The van der Waals surface area contributed by atoms with Gasteiger partial charge in [0.2, 0.25) is 0 Å². The number of H-pyrrole nitrogens is 2. The second-order valence-electron chi connectivity index (χ2n) is 17.1. The largest absolute Gasteiger partial charge is 0.469 e. The monoisotopic (exact) mass is 811 g/mol. The van der Waals surface area contributed by atoms with Crippen molar-refractivity contribution in [3.8, 4) is 0 Å². The number of imide groups is 1. The first-order chi connectivity index (χ1) is 28.8. The Morgan fingerprint density at radius 2 is 1.50 bits per heavy atom. The molecule has 0 saturated heterocycles. The van der Waals surface area contributed by atoms with E-state index in [9.17, 15) is 9.59 Å². The van der Waals surface area contributed by atoms with Crippen LogP contribution in [0.5, 0.6) is 0 Å². The predicted octanol–water partition coefficient (Wildman–Crippen LogP) is 11.2. The molecule has 4 aliphatic rings. The fourth-order valence-corrected chi connectivity index (χ4v) is 9.60. The van der Waals surface area contributed by atoms with Gasteiger partial charge in [-0.1, -0.05) is 75.8 Å². The third-order valence-corrected chi connectivity index (χ3v) is 12.9. The zero-order valence-electron chi connectivity index (χ0n) is 37.2. The lowest BCUT2D eigenvalue weighted by molar-refractivity contribution is -0.140. The van der Waals surface area contributed by atoms with Gasteiger partial charge in [-0.15, -0.1) is 0 Å². The molecule has 0 fully saturated rings. The molecule has 0 radical (unpaired) electrons. The SMILES string of the molecule is CCCCCCCOC(C)C1=C(C)c2cc3[nH]c(c4c5[nH]c(cc6nc(cc1n2)C(C)=C6CC)c(C)c5C(=O)N(Cc1cc(C)cc(C)c1)C4=O)[C@@H](CCC(=O)OC)[C@@H]3C. The van der Waals surface area contributed by atoms with Gasteiger partial charge in [0.1, 0.15) is 0 Å². The predicted molar refractivity (Wildman–Crippen MR) is 239 cm³/mol. The summed E-state index contributed by atoms with van der Waals surface area (Å²) in [5, 5.41) is 0. The lowest BCUT2D eigenvalue weighted by Crippen LogP contribution is -2.40. The van der Waals surface area contributed by atoms with Gasteiger partial charge in [0.05, 0.1) is 59.2 Å². The van der Waals surface area contributed by atoms with Gasteiger partial charge in [0.15, 0.2) is 0 Å². The van der Waals surface area contributed by atoms with Gasteiger partial charge in [-0.2, -0.15) is 0 Å². The fourth-order valence-electron chi connectivity index (χ4n) is 9.60. The van der Waals surface area contributed by atoms with Gasteiger partial charge >= 0.3 is 5.97 Å². The highest BCUT2D eigenvalue weighted by Gasteiger charge is 2.41. The number of carbonyl (C=O) groups excluding carboxylic acids is 3. The number of methoxy groups -OCH3 is 1. The lowest BCUT2D eigenvalue weighted by atomic mass is 9.84. The number of nitrogens with one attached hydrogen (secondary N) is 2. The smallest absolute Gasteiger partial charge is 0.305 e. The van der Waals surface area contributed by atoms with E-state index in [-0.39, 0.29) is 48.7 Å². The van der Waals surface area contributed by atoms with Crippen molar-refractivity contribution in [2.45, 2.75) is 138 Å². The molecule has 8 bridgehead atoms. The maximum atomic E-state index is 15.1. The van der Waals surface area contributed by atoms with Gasteiger partial charge in [-0.05, 0) is 107 Å². The molecule has 6 heterocycles. The molecule has 10 heteroatoms. The van der Waals surface area contributed by atoms with E-state index >= 15 is 4.79 Å². The van der Waals surface area contributed by atoms with Crippen LogP contribution in [0.3, 0.4) is 0 Å². The number of carbonyl (C=O) groups is 3. The van der Waals surface area contributed by atoms with E-state index < -0.39 is 0 Å². The molecule has 0 saturated carbocycles. The fraction of sp³-hybridized carbons (Fsp3) is 0.460. The van der Waals surface area contributed by atoms with Crippen molar-refractivity contribution in [2.24, 2.45) is 0 Å². The highest BCUT2D eigenvalue weighted by atomic mass is 16.5. The summed E-state index contributed by atoms with van der Waals surface area (Å²) in [6.07, 6.45) is 6.97. The van der Waals surface area contributed by atoms with Crippen LogP contribution >= 0.6 is 0 Å². The van der Waals surface area contributed by atoms with Crippen molar-refractivity contribution < 1.29 is 23.9 Å². The Hall–Kier alpha value is -5.35. The van der Waals surface area contributed by atoms with E-state index in [1.807, 2.05) is 39.0 Å². The number of aromatic amines is 2. The van der Waals surface area contributed by atoms with E-state index in [2.05, 4.69) is 69.7 Å². The number of ether oxygens (including phenoxy) is 2. The second kappa shape index (κ2) is 17.7. The normalized spacial score (nSPS) is 17.5. The molecule has 2 N–H and O–H groups in total. The molecule has 10 nitrogen and oxygen atoms in total. The highest BCUT2D eigenvalue weighted by Crippen LogP contribution is 2.45. The molecule has 316 valence electrons. The van der Waals surface area contributed by atoms with Crippen molar-refractivity contribution in [1.82, 2.24) is 24.8 Å². The first kappa shape index (κ1) is 42.8. The standard InChI is InChI=1S/C50H61N5O5/c1-11-13-14-15-16-19-60-33(9)44-31(7)39-23-38-30(6)36(17-18-43(56)59-10)47(53-38)46-48-45(49(57)55(50(46)58)26-34-21-27(3)20-28(4)22-34)32(8)40(54-48)24-41-35(12-2)29(5)37(51-41)25-42(44)52-39/h20-25,30,33,36,53-54H,11-19,26H2,1-10H3/t30-,33?,36-/m0/s1. The lowest BCUT2D eigenvalue weighted by Gasteiger charge is -2.27. The van der Waals surface area contributed by atoms with E-state index in [1.165, 1.54) is 31.3 Å². The maximum Gasteiger partial charge on any atom is 0.305 e. The number of hydrogen-bond acceptors (Lipinski definition) is 7. The van der Waals surface area contributed by atoms with Crippen LogP contribution in [0.2, 0.25) is 0 Å². The Labute approximate surface area is 354 Å². The average Bonchev–Trinajstić information content (AvgIpc) is 3.89. The minimum absolute atomic E-state index is 0.120. The topological polar surface area (TPSA) is 130 Å². The minimum atomic E-state index is -0.388. The first-order valence-electron chi connectivity index (χ1n) is 21.9. The summed E-state index contributed by atoms with van der Waals surface area (Å²) >= 11 is 0. The Morgan fingerprint density at radius 1 is 0.817 bits per heavy atom. The number of rotatable bonds is 14. The number of nitrogens with zero attached hydrogens (tertiary/aromatic N) is 3. The van der Waals surface area contributed by atoms with E-state index in [4.69, 9.17) is 19.4 Å². The van der Waals surface area contributed by atoms with Crippen LogP contribution in [-0.4, -0.2) is 62.4 Å². The Bertz CT molecular complexity index is 2480. The van der Waals surface area contributed by atoms with E-state index in [0.29, 0.717) is 35.4 Å². The minimum Gasteiger partial charge on any atom is -0.469 e. The molecule has 4 aliphatic heterocycles. The number of unbranched alkanes of at least 4 members (excludes halogenated alkanes) is 4. The molecule has 0 spiro atoms. The number of fused-ring (bicyclic) bond motifs is 8. The highest BCUT2D eigenvalue weighted by molar-refractivity contribution is 6.23. The van der Waals surface area contributed by atoms with Crippen LogP contribution in [0.1, 0.15) is 182 Å². The molecular weight excluding hydrogens is 751 g/mol. The van der Waals surface area contributed by atoms with Gasteiger partial charge in [0.25, 0.3) is 11.8 Å². The zero-order chi connectivity index (χ0) is 43.0. The summed E-state index contributed by atoms with van der Waals surface area (Å²) in [6, 6.07) is 12.3. The molecule has 2 aromatic heterocycles. The number of esters is 1. The Kier molecular flexibility index (Phi) is 12.6. The number of benzene rings is 1. The van der Waals surface area contributed by atoms with Crippen molar-refractivity contribution >= 4 is 51.1 Å². The summed E-state index contributed by atoms with van der Waals surface area (Å²) < 4.78 is 11.6. The van der Waals surface area contributed by atoms with E-state index in [0.717, 1.165) is 97.8 Å². The summed E-state index contributed by atoms with van der Waals surface area (Å²) in [6.45, 7) is 19.6. The first-order valence-corrected chi connectivity index (χ1v) is 21.9. The third-order valence-electron chi connectivity index (χ3n) is 12.9. The van der Waals surface area contributed by atoms with Crippen LogP contribution in [0.4, 0.5) is 0 Å². The van der Waals surface area contributed by atoms with Crippen molar-refractivity contribution in [1.29, 1.82) is 0 Å². The number of aryl methyl sites for hydroxylation is 3. The third kappa shape index (κ3) is 8.10. The zero-order valence-corrected chi connectivity index (χ0v) is 37.2. The molecule has 1 unspecified atom stereocenters. The van der Waals surface area contributed by atoms with Crippen LogP contribution < -0.4 is 0 Å². The molecule has 0 aliphatic carbocycles. The number of amides is 2. The van der Waals surface area contributed by atoms with Crippen molar-refractivity contribution in [3.63, 3.8) is 0 Å². The van der Waals surface area contributed by atoms with Gasteiger partial charge < -0.3 is 19.4 Å². The number of allylic oxidation sites excluding steroid dienone is 3. The Balaban J connectivity index is 1.50. The molecule has 1 aromatic carbocycles. The van der Waals surface area contributed by atoms with Gasteiger partial charge in [-0.3, -0.25) is 19.3 Å². The second-order valence-corrected chi connectivity index (χ2v) is 17.1. The van der Waals surface area contributed by atoms with Crippen molar-refractivity contribution in [2.75, 3.05) is 13.7 Å². The summed E-state index contributed by atoms with van der Waals surface area (Å²) in [7, 11) is 1.40. The van der Waals surface area contributed by atoms with E-state index in [1.54, 1.807) is 0 Å². The van der Waals surface area contributed by atoms with Crippen LogP contribution in [-0.2, 0) is 20.8 Å². The van der Waals surface area contributed by atoms with Crippen LogP contribution in [0, 0.1) is 20.8 Å². The molecule has 60 heavy (non-hydrogen) atoms. The summed E-state index contributed by atoms with van der Waals surface area (Å²) in [5.74, 6) is -1.45. The van der Waals surface area contributed by atoms with Gasteiger partial charge in [0, 0.05) is 47.3 Å². The van der Waals surface area contributed by atoms with Gasteiger partial charge in [-0.25, -0.2) is 9.97 Å². The maximum absolute atomic E-state index is 15.1. The molecule has 2 amide bonds. The van der Waals surface area contributed by atoms with Crippen LogP contribution in [0.15, 0.2) is 36.4 Å². The van der Waals surface area contributed by atoms with Crippen LogP contribution in [0.25, 0.3) is 33.3 Å². The van der Waals surface area contributed by atoms with Crippen molar-refractivity contribution in [3.05, 3.63) is 104 Å². The summed E-state index contributed by atoms with van der Waals surface area (Å²) in [4.78, 5) is 61.7. The molecule has 7 rings (SSSR count). The quantitative estimate of drug-likeness (QED) is 0.0941. The average molecular weight is 812 g/mol.